The first-order valence-corrected chi connectivity index (χ1v) is 9.17. The molecule has 3 aromatic carbocycles. The van der Waals surface area contributed by atoms with E-state index in [4.69, 9.17) is 0 Å². The van der Waals surface area contributed by atoms with Gasteiger partial charge in [0.2, 0.25) is 0 Å². The number of fused-ring (bicyclic) bond motifs is 3. The van der Waals surface area contributed by atoms with E-state index in [0.29, 0.717) is 0 Å². The standard InChI is InChI=1S/C24H22O2/c25-24(26)23-21-13-9-19(10-14-21)7-5-17-1-2-18(4-3-17)6-8-20-11-15-22(23)16-12-20/h1-4,9-16,23H,5-8H2,(H,25,26). The molecule has 0 unspecified atom stereocenters. The molecule has 0 saturated carbocycles. The van der Waals surface area contributed by atoms with Crippen molar-refractivity contribution < 1.29 is 9.90 Å². The second-order valence-electron chi connectivity index (χ2n) is 7.07. The van der Waals surface area contributed by atoms with Gasteiger partial charge in [-0.15, -0.1) is 0 Å². The Morgan fingerprint density at radius 2 is 0.846 bits per heavy atom. The summed E-state index contributed by atoms with van der Waals surface area (Å²) in [4.78, 5) is 11.9. The Labute approximate surface area is 154 Å². The predicted molar refractivity (Wildman–Crippen MR) is 104 cm³/mol. The number of hydrogen-bond donors (Lipinski definition) is 1. The highest BCUT2D eigenvalue weighted by molar-refractivity contribution is 5.80. The quantitative estimate of drug-likeness (QED) is 0.690. The van der Waals surface area contributed by atoms with Gasteiger partial charge in [0.15, 0.2) is 0 Å². The molecule has 0 fully saturated rings. The highest BCUT2D eigenvalue weighted by atomic mass is 16.4. The van der Waals surface area contributed by atoms with Gasteiger partial charge in [0.05, 0.1) is 0 Å². The van der Waals surface area contributed by atoms with Gasteiger partial charge in [-0.05, 0) is 59.1 Å². The van der Waals surface area contributed by atoms with Gasteiger partial charge < -0.3 is 5.11 Å². The zero-order chi connectivity index (χ0) is 17.9. The number of hydrogen-bond acceptors (Lipinski definition) is 1. The Bertz CT molecular complexity index is 820. The fourth-order valence-electron chi connectivity index (χ4n) is 3.68. The lowest BCUT2D eigenvalue weighted by molar-refractivity contribution is -0.137. The van der Waals surface area contributed by atoms with Gasteiger partial charge in [0, 0.05) is 0 Å². The molecule has 2 heteroatoms. The molecule has 0 saturated heterocycles. The summed E-state index contributed by atoms with van der Waals surface area (Å²) in [5.74, 6) is -1.42. The Kier molecular flexibility index (Phi) is 4.57. The van der Waals surface area contributed by atoms with Gasteiger partial charge in [-0.25, -0.2) is 0 Å². The number of aliphatic carboxylic acids is 1. The number of benzene rings is 3. The van der Waals surface area contributed by atoms with Crippen LogP contribution in [0.5, 0.6) is 0 Å². The number of carbonyl (C=O) groups is 1. The van der Waals surface area contributed by atoms with Crippen molar-refractivity contribution >= 4 is 5.97 Å². The maximum Gasteiger partial charge on any atom is 0.315 e. The fourth-order valence-corrected chi connectivity index (χ4v) is 3.68. The molecule has 2 nitrogen and oxygen atoms in total. The Hall–Kier alpha value is -2.87. The predicted octanol–water partition coefficient (Wildman–Crippen LogP) is 4.79. The summed E-state index contributed by atoms with van der Waals surface area (Å²) in [5.41, 5.74) is 6.83. The van der Waals surface area contributed by atoms with Crippen molar-refractivity contribution in [1.82, 2.24) is 0 Å². The lowest BCUT2D eigenvalue weighted by Crippen LogP contribution is -2.13. The van der Waals surface area contributed by atoms with Crippen LogP contribution in [0.15, 0.2) is 72.8 Å². The largest absolute Gasteiger partial charge is 0.481 e. The molecule has 130 valence electrons. The van der Waals surface area contributed by atoms with Gasteiger partial charge in [0.25, 0.3) is 0 Å². The molecule has 7 rings (SSSR count). The minimum Gasteiger partial charge on any atom is -0.481 e. The van der Waals surface area contributed by atoms with Crippen LogP contribution in [0.1, 0.15) is 39.3 Å². The lowest BCUT2D eigenvalue weighted by atomic mass is 9.89. The van der Waals surface area contributed by atoms with E-state index in [2.05, 4.69) is 48.5 Å². The third kappa shape index (κ3) is 3.55. The molecular weight excluding hydrogens is 320 g/mol. The third-order valence-electron chi connectivity index (χ3n) is 5.30. The number of carboxylic acid groups (broad SMARTS) is 1. The molecule has 3 aromatic rings. The van der Waals surface area contributed by atoms with Crippen molar-refractivity contribution in [3.05, 3.63) is 106 Å². The van der Waals surface area contributed by atoms with E-state index in [0.717, 1.165) is 36.8 Å². The van der Waals surface area contributed by atoms with E-state index in [1.165, 1.54) is 22.3 Å². The van der Waals surface area contributed by atoms with Crippen LogP contribution >= 0.6 is 0 Å². The molecule has 1 N–H and O–H groups in total. The van der Waals surface area contributed by atoms with Crippen LogP contribution in [0.4, 0.5) is 0 Å². The molecule has 6 bridgehead atoms. The molecule has 0 amide bonds. The summed E-state index contributed by atoms with van der Waals surface area (Å²) < 4.78 is 0. The molecule has 0 aromatic heterocycles. The summed E-state index contributed by atoms with van der Waals surface area (Å²) >= 11 is 0. The SMILES string of the molecule is O=C(O)C1c2ccc(cc2)CCc2ccc(cc2)CCc2ccc1cc2. The van der Waals surface area contributed by atoms with Gasteiger partial charge >= 0.3 is 5.97 Å². The summed E-state index contributed by atoms with van der Waals surface area (Å²) in [6, 6.07) is 25.0. The zero-order valence-electron chi connectivity index (χ0n) is 14.7. The first-order chi connectivity index (χ1) is 12.7. The highest BCUT2D eigenvalue weighted by Crippen LogP contribution is 2.26. The molecule has 0 heterocycles. The molecule has 0 radical (unpaired) electrons. The van der Waals surface area contributed by atoms with Gasteiger partial charge in [-0.1, -0.05) is 72.8 Å². The van der Waals surface area contributed by atoms with Crippen LogP contribution in [0.25, 0.3) is 0 Å². The minimum atomic E-state index is -0.805. The van der Waals surface area contributed by atoms with Gasteiger partial charge in [-0.2, -0.15) is 0 Å². The van der Waals surface area contributed by atoms with Crippen molar-refractivity contribution in [3.63, 3.8) is 0 Å². The summed E-state index contributed by atoms with van der Waals surface area (Å²) in [7, 11) is 0. The van der Waals surface area contributed by atoms with E-state index in [9.17, 15) is 9.90 Å². The Balaban J connectivity index is 1.75. The van der Waals surface area contributed by atoms with Crippen LogP contribution in [-0.2, 0) is 30.5 Å². The van der Waals surface area contributed by atoms with Crippen molar-refractivity contribution in [2.24, 2.45) is 0 Å². The normalized spacial score (nSPS) is 14.5. The monoisotopic (exact) mass is 342 g/mol. The van der Waals surface area contributed by atoms with Crippen molar-refractivity contribution in [3.8, 4) is 0 Å². The number of aryl methyl sites for hydroxylation is 4. The number of rotatable bonds is 1. The van der Waals surface area contributed by atoms with Crippen molar-refractivity contribution in [1.29, 1.82) is 0 Å². The molecular formula is C24H22O2. The summed E-state index contributed by atoms with van der Waals surface area (Å²) in [6.07, 6.45) is 3.93. The van der Waals surface area contributed by atoms with E-state index in [-0.39, 0.29) is 0 Å². The van der Waals surface area contributed by atoms with Crippen LogP contribution in [-0.4, -0.2) is 11.1 Å². The van der Waals surface area contributed by atoms with E-state index in [1.54, 1.807) is 0 Å². The van der Waals surface area contributed by atoms with Crippen molar-refractivity contribution in [2.45, 2.75) is 31.6 Å². The maximum atomic E-state index is 11.9. The molecule has 0 atom stereocenters. The first kappa shape index (κ1) is 16.6. The molecule has 0 spiro atoms. The topological polar surface area (TPSA) is 37.3 Å². The van der Waals surface area contributed by atoms with E-state index < -0.39 is 11.9 Å². The smallest absolute Gasteiger partial charge is 0.315 e. The first-order valence-electron chi connectivity index (χ1n) is 9.17. The van der Waals surface area contributed by atoms with Gasteiger partial charge in [-0.3, -0.25) is 4.79 Å². The van der Waals surface area contributed by atoms with Crippen LogP contribution in [0, 0.1) is 0 Å². The average molecular weight is 342 g/mol. The highest BCUT2D eigenvalue weighted by Gasteiger charge is 2.22. The van der Waals surface area contributed by atoms with E-state index in [1.807, 2.05) is 24.3 Å². The minimum absolute atomic E-state index is 0.614. The third-order valence-corrected chi connectivity index (χ3v) is 5.30. The second kappa shape index (κ2) is 7.17. The maximum absolute atomic E-state index is 11.9. The van der Waals surface area contributed by atoms with E-state index >= 15 is 0 Å². The summed E-state index contributed by atoms with van der Waals surface area (Å²) in [6.45, 7) is 0. The lowest BCUT2D eigenvalue weighted by Gasteiger charge is -2.14. The Morgan fingerprint density at radius 3 is 1.12 bits per heavy atom. The summed E-state index contributed by atoms with van der Waals surface area (Å²) in [5, 5.41) is 9.76. The van der Waals surface area contributed by atoms with Crippen LogP contribution in [0.2, 0.25) is 0 Å². The molecule has 26 heavy (non-hydrogen) atoms. The molecule has 4 aliphatic rings. The van der Waals surface area contributed by atoms with Crippen molar-refractivity contribution in [2.75, 3.05) is 0 Å². The van der Waals surface area contributed by atoms with Crippen LogP contribution < -0.4 is 0 Å². The Morgan fingerprint density at radius 1 is 0.577 bits per heavy atom. The molecule has 0 aliphatic heterocycles. The van der Waals surface area contributed by atoms with Gasteiger partial charge in [0.1, 0.15) is 5.92 Å². The molecule has 4 aliphatic carbocycles. The van der Waals surface area contributed by atoms with Crippen LogP contribution in [0.3, 0.4) is 0 Å². The zero-order valence-corrected chi connectivity index (χ0v) is 14.7. The average Bonchev–Trinajstić information content (AvgIpc) is 2.68. The fraction of sp³-hybridized carbons (Fsp3) is 0.208. The number of carboxylic acids is 1. The second-order valence-corrected chi connectivity index (χ2v) is 7.07.